The lowest BCUT2D eigenvalue weighted by Gasteiger charge is -2.30. The summed E-state index contributed by atoms with van der Waals surface area (Å²) >= 11 is 0. The van der Waals surface area contributed by atoms with Gasteiger partial charge in [-0.25, -0.2) is 0 Å². The van der Waals surface area contributed by atoms with Crippen LogP contribution in [-0.4, -0.2) is 23.5 Å². The first kappa shape index (κ1) is 13.0. The lowest BCUT2D eigenvalue weighted by Crippen LogP contribution is -2.41. The molecule has 1 saturated carbocycles. The Kier molecular flexibility index (Phi) is 3.02. The van der Waals surface area contributed by atoms with E-state index in [4.69, 9.17) is 11.5 Å². The highest BCUT2D eigenvalue weighted by Gasteiger charge is 2.67. The van der Waals surface area contributed by atoms with Crippen molar-refractivity contribution in [1.29, 1.82) is 0 Å². The third-order valence-corrected chi connectivity index (χ3v) is 3.69. The van der Waals surface area contributed by atoms with Crippen LogP contribution in [-0.2, 0) is 9.59 Å². The highest BCUT2D eigenvalue weighted by atomic mass is 16.3. The molecule has 0 saturated heterocycles. The van der Waals surface area contributed by atoms with Gasteiger partial charge in [-0.15, -0.1) is 0 Å². The van der Waals surface area contributed by atoms with E-state index in [1.807, 2.05) is 20.8 Å². The number of aliphatic hydroxyl groups excluding tert-OH is 1. The lowest BCUT2D eigenvalue weighted by atomic mass is 9.75. The first-order valence-electron chi connectivity index (χ1n) is 5.38. The van der Waals surface area contributed by atoms with Crippen LogP contribution in [0.15, 0.2) is 0 Å². The van der Waals surface area contributed by atoms with Gasteiger partial charge in [-0.2, -0.15) is 0 Å². The largest absolute Gasteiger partial charge is 0.396 e. The second-order valence-electron chi connectivity index (χ2n) is 5.67. The Bertz CT molecular complexity index is 306. The van der Waals surface area contributed by atoms with E-state index in [1.165, 1.54) is 0 Å². The smallest absolute Gasteiger partial charge is 0.233 e. The van der Waals surface area contributed by atoms with E-state index < -0.39 is 17.2 Å². The number of amides is 2. The molecule has 16 heavy (non-hydrogen) atoms. The maximum absolute atomic E-state index is 11.3. The number of hydrogen-bond acceptors (Lipinski definition) is 3. The molecule has 1 unspecified atom stereocenters. The standard InChI is InChI=1S/C11H20N2O3/c1-10(2,3)7(5-14)6-4-11(6,8(12)15)9(13)16/h6-7,14H,4-5H2,1-3H3,(H2,12,15)(H2,13,16)/t6?,7-/m0/s1. The van der Waals surface area contributed by atoms with Crippen LogP contribution in [0.25, 0.3) is 0 Å². The molecule has 0 radical (unpaired) electrons. The fraction of sp³-hybridized carbons (Fsp3) is 0.818. The molecule has 1 aliphatic carbocycles. The summed E-state index contributed by atoms with van der Waals surface area (Å²) in [6, 6.07) is 0. The molecule has 1 aliphatic rings. The molecule has 92 valence electrons. The van der Waals surface area contributed by atoms with Crippen LogP contribution in [0.1, 0.15) is 27.2 Å². The molecule has 0 aromatic rings. The van der Waals surface area contributed by atoms with Crippen molar-refractivity contribution in [2.75, 3.05) is 6.61 Å². The minimum Gasteiger partial charge on any atom is -0.396 e. The predicted molar refractivity (Wildman–Crippen MR) is 59.0 cm³/mol. The Balaban J connectivity index is 2.95. The van der Waals surface area contributed by atoms with E-state index in [2.05, 4.69) is 0 Å². The molecule has 2 atom stereocenters. The zero-order chi connectivity index (χ0) is 12.7. The van der Waals surface area contributed by atoms with Gasteiger partial charge in [0.05, 0.1) is 0 Å². The van der Waals surface area contributed by atoms with Crippen LogP contribution in [0.3, 0.4) is 0 Å². The van der Waals surface area contributed by atoms with Gasteiger partial charge >= 0.3 is 0 Å². The average Bonchev–Trinajstić information content (AvgIpc) is 2.78. The summed E-state index contributed by atoms with van der Waals surface area (Å²) < 4.78 is 0. The highest BCUT2D eigenvalue weighted by Crippen LogP contribution is 2.59. The van der Waals surface area contributed by atoms with Gasteiger partial charge in [0, 0.05) is 6.61 Å². The van der Waals surface area contributed by atoms with Crippen LogP contribution in [0.5, 0.6) is 0 Å². The van der Waals surface area contributed by atoms with E-state index in [-0.39, 0.29) is 23.9 Å². The quantitative estimate of drug-likeness (QED) is 0.571. The highest BCUT2D eigenvalue weighted by molar-refractivity contribution is 6.07. The Hall–Kier alpha value is -1.10. The van der Waals surface area contributed by atoms with Crippen LogP contribution < -0.4 is 11.5 Å². The number of rotatable bonds is 4. The monoisotopic (exact) mass is 228 g/mol. The predicted octanol–water partition coefficient (Wildman–Crippen LogP) is -0.382. The van der Waals surface area contributed by atoms with E-state index in [9.17, 15) is 14.7 Å². The average molecular weight is 228 g/mol. The number of carbonyl (C=O) groups is 2. The summed E-state index contributed by atoms with van der Waals surface area (Å²) in [4.78, 5) is 22.6. The zero-order valence-corrected chi connectivity index (χ0v) is 9.99. The van der Waals surface area contributed by atoms with Crippen LogP contribution in [0.4, 0.5) is 0 Å². The van der Waals surface area contributed by atoms with Gasteiger partial charge in [0.2, 0.25) is 11.8 Å². The van der Waals surface area contributed by atoms with Crippen molar-refractivity contribution < 1.29 is 14.7 Å². The van der Waals surface area contributed by atoms with Gasteiger partial charge < -0.3 is 16.6 Å². The van der Waals surface area contributed by atoms with Crippen molar-refractivity contribution in [3.63, 3.8) is 0 Å². The SMILES string of the molecule is CC(C)(C)[C@@H](CO)C1CC1(C(N)=O)C(N)=O. The van der Waals surface area contributed by atoms with E-state index in [1.54, 1.807) is 0 Å². The van der Waals surface area contributed by atoms with E-state index in [0.29, 0.717) is 6.42 Å². The third-order valence-electron chi connectivity index (χ3n) is 3.69. The summed E-state index contributed by atoms with van der Waals surface area (Å²) in [6.07, 6.45) is 0.361. The van der Waals surface area contributed by atoms with Crippen LogP contribution in [0.2, 0.25) is 0 Å². The third kappa shape index (κ3) is 1.80. The molecule has 0 bridgehead atoms. The van der Waals surface area contributed by atoms with Crippen LogP contribution in [0, 0.1) is 22.7 Å². The van der Waals surface area contributed by atoms with Crippen molar-refractivity contribution >= 4 is 11.8 Å². The maximum Gasteiger partial charge on any atom is 0.233 e. The Morgan fingerprint density at radius 1 is 1.38 bits per heavy atom. The molecule has 5 N–H and O–H groups in total. The van der Waals surface area contributed by atoms with Crippen molar-refractivity contribution in [1.82, 2.24) is 0 Å². The first-order chi connectivity index (χ1) is 7.17. The van der Waals surface area contributed by atoms with Crippen molar-refractivity contribution in [3.8, 4) is 0 Å². The van der Waals surface area contributed by atoms with Gasteiger partial charge in [0.1, 0.15) is 5.41 Å². The molecule has 0 heterocycles. The second-order valence-corrected chi connectivity index (χ2v) is 5.67. The maximum atomic E-state index is 11.3. The second kappa shape index (κ2) is 3.73. The summed E-state index contributed by atoms with van der Waals surface area (Å²) in [7, 11) is 0. The molecule has 1 fully saturated rings. The molecule has 1 rings (SSSR count). The topological polar surface area (TPSA) is 106 Å². The van der Waals surface area contributed by atoms with Crippen molar-refractivity contribution in [3.05, 3.63) is 0 Å². The van der Waals surface area contributed by atoms with Gasteiger partial charge in [0.15, 0.2) is 0 Å². The zero-order valence-electron chi connectivity index (χ0n) is 9.99. The Morgan fingerprint density at radius 2 is 1.81 bits per heavy atom. The summed E-state index contributed by atoms with van der Waals surface area (Å²) in [5.41, 5.74) is 9.05. The van der Waals surface area contributed by atoms with E-state index >= 15 is 0 Å². The van der Waals surface area contributed by atoms with Gasteiger partial charge in [-0.1, -0.05) is 20.8 Å². The number of hydrogen-bond donors (Lipinski definition) is 3. The minimum atomic E-state index is -1.24. The molecule has 0 spiro atoms. The molecule has 5 heteroatoms. The summed E-state index contributed by atoms with van der Waals surface area (Å²) in [6.45, 7) is 5.80. The normalized spacial score (nSPS) is 24.9. The Morgan fingerprint density at radius 3 is 2.00 bits per heavy atom. The molecular weight excluding hydrogens is 208 g/mol. The van der Waals surface area contributed by atoms with Crippen molar-refractivity contribution in [2.45, 2.75) is 27.2 Å². The fourth-order valence-corrected chi connectivity index (χ4v) is 2.47. The van der Waals surface area contributed by atoms with E-state index in [0.717, 1.165) is 0 Å². The molecular formula is C11H20N2O3. The minimum absolute atomic E-state index is 0.0729. The number of aliphatic hydroxyl groups is 1. The lowest BCUT2D eigenvalue weighted by molar-refractivity contribution is -0.134. The Labute approximate surface area is 95.2 Å². The molecule has 0 aromatic heterocycles. The number of carbonyl (C=O) groups excluding carboxylic acids is 2. The molecule has 0 aliphatic heterocycles. The number of nitrogens with two attached hydrogens (primary N) is 2. The summed E-state index contributed by atoms with van der Waals surface area (Å²) in [5.74, 6) is -1.72. The van der Waals surface area contributed by atoms with Crippen LogP contribution >= 0.6 is 0 Å². The summed E-state index contributed by atoms with van der Waals surface area (Å²) in [5, 5.41) is 9.36. The van der Waals surface area contributed by atoms with Gasteiger partial charge in [-0.05, 0) is 23.7 Å². The van der Waals surface area contributed by atoms with Crippen molar-refractivity contribution in [2.24, 2.45) is 34.1 Å². The fourth-order valence-electron chi connectivity index (χ4n) is 2.47. The number of primary amides is 2. The molecule has 0 aromatic carbocycles. The molecule has 5 nitrogen and oxygen atoms in total. The van der Waals surface area contributed by atoms with Gasteiger partial charge in [-0.3, -0.25) is 9.59 Å². The molecule has 2 amide bonds. The first-order valence-corrected chi connectivity index (χ1v) is 5.38. The van der Waals surface area contributed by atoms with Gasteiger partial charge in [0.25, 0.3) is 0 Å².